The van der Waals surface area contributed by atoms with Crippen molar-refractivity contribution in [2.24, 2.45) is 5.92 Å². The summed E-state index contributed by atoms with van der Waals surface area (Å²) >= 11 is 7.30. The third kappa shape index (κ3) is 5.44. The number of rotatable bonds is 6. The summed E-state index contributed by atoms with van der Waals surface area (Å²) in [5.41, 5.74) is 1.34. The molecule has 4 rings (SSSR count). The van der Waals surface area contributed by atoms with Crippen LogP contribution >= 0.6 is 22.9 Å². The van der Waals surface area contributed by atoms with Gasteiger partial charge in [-0.3, -0.25) is 14.9 Å². The van der Waals surface area contributed by atoms with Crippen LogP contribution in [0.5, 0.6) is 5.75 Å². The minimum atomic E-state index is -0.274. The van der Waals surface area contributed by atoms with E-state index in [9.17, 15) is 9.59 Å². The van der Waals surface area contributed by atoms with Crippen LogP contribution in [0.25, 0.3) is 10.6 Å². The number of nitrogens with one attached hydrogen (secondary N) is 1. The number of carbonyl (C=O) groups excluding carboxylic acids is 2. The van der Waals surface area contributed by atoms with Gasteiger partial charge in [0.2, 0.25) is 5.13 Å². The Morgan fingerprint density at radius 3 is 2.50 bits per heavy atom. The van der Waals surface area contributed by atoms with Gasteiger partial charge in [-0.25, -0.2) is 0 Å². The second-order valence-electron chi connectivity index (χ2n) is 7.52. The first-order chi connectivity index (χ1) is 15.5. The summed E-state index contributed by atoms with van der Waals surface area (Å²) in [6.45, 7) is 0. The van der Waals surface area contributed by atoms with E-state index in [1.807, 2.05) is 12.1 Å². The minimum Gasteiger partial charge on any atom is -0.490 e. The molecule has 1 aromatic heterocycles. The molecule has 9 heteroatoms. The molecule has 0 spiro atoms. The zero-order valence-corrected chi connectivity index (χ0v) is 19.0. The average molecular weight is 472 g/mol. The highest BCUT2D eigenvalue weighted by Crippen LogP contribution is 2.30. The van der Waals surface area contributed by atoms with Gasteiger partial charge in [-0.15, -0.1) is 10.2 Å². The van der Waals surface area contributed by atoms with E-state index in [0.717, 1.165) is 31.2 Å². The number of carbonyl (C=O) groups is 2. The third-order valence-corrected chi connectivity index (χ3v) is 6.47. The fourth-order valence-corrected chi connectivity index (χ4v) is 4.57. The van der Waals surface area contributed by atoms with Crippen LogP contribution in [0.15, 0.2) is 48.5 Å². The number of hydrogen-bond donors (Lipinski definition) is 1. The molecule has 0 unspecified atom stereocenters. The Morgan fingerprint density at radius 1 is 1.06 bits per heavy atom. The van der Waals surface area contributed by atoms with E-state index in [1.54, 1.807) is 36.4 Å². The lowest BCUT2D eigenvalue weighted by Crippen LogP contribution is -2.28. The molecule has 3 aromatic rings. The number of nitrogens with zero attached hydrogens (tertiary/aromatic N) is 2. The summed E-state index contributed by atoms with van der Waals surface area (Å²) in [7, 11) is 1.42. The van der Waals surface area contributed by atoms with E-state index in [1.165, 1.54) is 18.4 Å². The van der Waals surface area contributed by atoms with Crippen molar-refractivity contribution in [3.63, 3.8) is 0 Å². The number of anilines is 1. The van der Waals surface area contributed by atoms with Gasteiger partial charge in [0.05, 0.1) is 19.1 Å². The Morgan fingerprint density at radius 2 is 1.81 bits per heavy atom. The molecule has 1 aliphatic carbocycles. The highest BCUT2D eigenvalue weighted by Gasteiger charge is 2.27. The standard InChI is InChI=1S/C23H22ClN3O4S/c1-30-22(29)15-7-11-19(12-8-15)31-18-9-5-14(6-10-18)20(28)25-23-27-26-21(32-23)16-3-2-4-17(24)13-16/h2-6,9-10,13,15,19H,7-8,11-12H2,1H3,(H,25,27,28). The number of halogens is 1. The Kier molecular flexibility index (Phi) is 7.02. The highest BCUT2D eigenvalue weighted by molar-refractivity contribution is 7.18. The topological polar surface area (TPSA) is 90.4 Å². The van der Waals surface area contributed by atoms with Gasteiger partial charge in [-0.05, 0) is 62.1 Å². The van der Waals surface area contributed by atoms with Crippen LogP contribution in [-0.4, -0.2) is 35.3 Å². The Balaban J connectivity index is 1.31. The molecule has 1 heterocycles. The van der Waals surface area contributed by atoms with Crippen LogP contribution < -0.4 is 10.1 Å². The summed E-state index contributed by atoms with van der Waals surface area (Å²) in [6.07, 6.45) is 3.18. The van der Waals surface area contributed by atoms with Crippen LogP contribution in [-0.2, 0) is 9.53 Å². The van der Waals surface area contributed by atoms with Crippen LogP contribution in [0.4, 0.5) is 5.13 Å². The van der Waals surface area contributed by atoms with Crippen molar-refractivity contribution in [1.29, 1.82) is 0 Å². The molecule has 1 fully saturated rings. The van der Waals surface area contributed by atoms with Gasteiger partial charge in [0.15, 0.2) is 0 Å². The van der Waals surface area contributed by atoms with E-state index in [-0.39, 0.29) is 23.9 Å². The molecular formula is C23H22ClN3O4S. The monoisotopic (exact) mass is 471 g/mol. The second-order valence-corrected chi connectivity index (χ2v) is 8.93. The molecule has 2 aromatic carbocycles. The Hall–Kier alpha value is -2.97. The molecule has 0 atom stereocenters. The fourth-order valence-electron chi connectivity index (χ4n) is 3.64. The smallest absolute Gasteiger partial charge is 0.308 e. The maximum Gasteiger partial charge on any atom is 0.308 e. The number of esters is 1. The normalized spacial score (nSPS) is 18.1. The maximum absolute atomic E-state index is 12.6. The number of aromatic nitrogens is 2. The third-order valence-electron chi connectivity index (χ3n) is 5.35. The van der Waals surface area contributed by atoms with Crippen molar-refractivity contribution in [1.82, 2.24) is 10.2 Å². The number of ether oxygens (including phenoxy) is 2. The van der Waals surface area contributed by atoms with Crippen molar-refractivity contribution < 1.29 is 19.1 Å². The molecule has 0 bridgehead atoms. The molecule has 0 radical (unpaired) electrons. The Bertz CT molecular complexity index is 1090. The van der Waals surface area contributed by atoms with Gasteiger partial charge in [0, 0.05) is 16.1 Å². The molecule has 0 aliphatic heterocycles. The van der Waals surface area contributed by atoms with E-state index < -0.39 is 0 Å². The van der Waals surface area contributed by atoms with Crippen molar-refractivity contribution >= 4 is 39.9 Å². The molecular weight excluding hydrogens is 450 g/mol. The zero-order valence-electron chi connectivity index (χ0n) is 17.4. The van der Waals surface area contributed by atoms with E-state index in [0.29, 0.717) is 26.5 Å². The van der Waals surface area contributed by atoms with Crippen molar-refractivity contribution in [3.05, 3.63) is 59.1 Å². The molecule has 1 saturated carbocycles. The van der Waals surface area contributed by atoms with Gasteiger partial charge >= 0.3 is 5.97 Å². The summed E-state index contributed by atoms with van der Waals surface area (Å²) in [5.74, 6) is 0.241. The second kappa shape index (κ2) is 10.1. The average Bonchev–Trinajstić information content (AvgIpc) is 3.28. The largest absolute Gasteiger partial charge is 0.490 e. The lowest BCUT2D eigenvalue weighted by Gasteiger charge is -2.27. The minimum absolute atomic E-state index is 0.0364. The predicted octanol–water partition coefficient (Wildman–Crippen LogP) is 5.22. The Labute approximate surface area is 194 Å². The van der Waals surface area contributed by atoms with Crippen LogP contribution in [0.2, 0.25) is 5.02 Å². The van der Waals surface area contributed by atoms with Crippen molar-refractivity contribution in [3.8, 4) is 16.3 Å². The van der Waals surface area contributed by atoms with E-state index in [2.05, 4.69) is 15.5 Å². The highest BCUT2D eigenvalue weighted by atomic mass is 35.5. The number of hydrogen-bond acceptors (Lipinski definition) is 7. The first kappa shape index (κ1) is 22.2. The molecule has 1 amide bonds. The summed E-state index contributed by atoms with van der Waals surface area (Å²) in [6, 6.07) is 14.3. The molecule has 1 aliphatic rings. The lowest BCUT2D eigenvalue weighted by atomic mass is 9.87. The lowest BCUT2D eigenvalue weighted by molar-refractivity contribution is -0.147. The summed E-state index contributed by atoms with van der Waals surface area (Å²) in [4.78, 5) is 24.2. The van der Waals surface area contributed by atoms with Crippen LogP contribution in [0, 0.1) is 5.92 Å². The maximum atomic E-state index is 12.6. The van der Waals surface area contributed by atoms with Gasteiger partial charge < -0.3 is 9.47 Å². The summed E-state index contributed by atoms with van der Waals surface area (Å²) < 4.78 is 10.8. The fraction of sp³-hybridized carbons (Fsp3) is 0.304. The quantitative estimate of drug-likeness (QED) is 0.495. The predicted molar refractivity (Wildman–Crippen MR) is 123 cm³/mol. The van der Waals surface area contributed by atoms with Gasteiger partial charge in [-0.2, -0.15) is 0 Å². The first-order valence-corrected chi connectivity index (χ1v) is 11.5. The first-order valence-electron chi connectivity index (χ1n) is 10.3. The molecule has 166 valence electrons. The number of benzene rings is 2. The molecule has 32 heavy (non-hydrogen) atoms. The number of methoxy groups -OCH3 is 1. The van der Waals surface area contributed by atoms with Crippen LogP contribution in [0.1, 0.15) is 36.0 Å². The van der Waals surface area contributed by atoms with Crippen molar-refractivity contribution in [2.45, 2.75) is 31.8 Å². The number of amides is 1. The van der Waals surface area contributed by atoms with Gasteiger partial charge in [-0.1, -0.05) is 35.1 Å². The van der Waals surface area contributed by atoms with Gasteiger partial charge in [0.1, 0.15) is 10.8 Å². The van der Waals surface area contributed by atoms with Crippen LogP contribution in [0.3, 0.4) is 0 Å². The molecule has 0 saturated heterocycles. The van der Waals surface area contributed by atoms with E-state index in [4.69, 9.17) is 21.1 Å². The summed E-state index contributed by atoms with van der Waals surface area (Å²) in [5, 5.41) is 12.6. The zero-order chi connectivity index (χ0) is 22.5. The van der Waals surface area contributed by atoms with Crippen molar-refractivity contribution in [2.75, 3.05) is 12.4 Å². The SMILES string of the molecule is COC(=O)C1CCC(Oc2ccc(C(=O)Nc3nnc(-c4cccc(Cl)c4)s3)cc2)CC1. The molecule has 1 N–H and O–H groups in total. The molecule has 7 nitrogen and oxygen atoms in total. The van der Waals surface area contributed by atoms with E-state index >= 15 is 0 Å². The van der Waals surface area contributed by atoms with Gasteiger partial charge in [0.25, 0.3) is 5.91 Å².